The van der Waals surface area contributed by atoms with E-state index in [9.17, 15) is 4.39 Å². The lowest BCUT2D eigenvalue weighted by Crippen LogP contribution is -2.22. The summed E-state index contributed by atoms with van der Waals surface area (Å²) in [4.78, 5) is 13.2. The number of aryl methyl sites for hydroxylation is 1. The van der Waals surface area contributed by atoms with E-state index in [0.29, 0.717) is 6.54 Å². The highest BCUT2D eigenvalue weighted by atomic mass is 19.1. The van der Waals surface area contributed by atoms with Gasteiger partial charge in [-0.15, -0.1) is 0 Å². The lowest BCUT2D eigenvalue weighted by molar-refractivity contribution is 0.605. The van der Waals surface area contributed by atoms with Crippen LogP contribution in [0.15, 0.2) is 18.6 Å². The molecule has 2 aromatic heterocycles. The van der Waals surface area contributed by atoms with Gasteiger partial charge in [0.1, 0.15) is 5.82 Å². The summed E-state index contributed by atoms with van der Waals surface area (Å²) in [6.07, 6.45) is 4.58. The lowest BCUT2D eigenvalue weighted by atomic mass is 10.4. The Bertz CT molecular complexity index is 523. The fraction of sp³-hybridized carbons (Fsp3) is 0.300. The average molecular weight is 236 g/mol. The highest BCUT2D eigenvalue weighted by Crippen LogP contribution is 2.16. The van der Waals surface area contributed by atoms with Crippen LogP contribution in [-0.4, -0.2) is 26.6 Å². The molecule has 2 heterocycles. The maximum atomic E-state index is 13.5. The Morgan fingerprint density at radius 3 is 2.88 bits per heavy atom. The zero-order chi connectivity index (χ0) is 12.4. The van der Waals surface area contributed by atoms with E-state index in [0.717, 1.165) is 12.0 Å². The number of hydrogen-bond acceptors (Lipinski definition) is 5. The third-order valence-corrected chi connectivity index (χ3v) is 2.41. The van der Waals surface area contributed by atoms with Gasteiger partial charge in [-0.1, -0.05) is 0 Å². The quantitative estimate of drug-likeness (QED) is 0.843. The lowest BCUT2D eigenvalue weighted by Gasteiger charge is -2.18. The molecule has 0 unspecified atom stereocenters. The number of anilines is 2. The molecule has 0 aliphatic rings. The van der Waals surface area contributed by atoms with Crippen molar-refractivity contribution in [2.45, 2.75) is 6.54 Å². The van der Waals surface area contributed by atoms with Gasteiger partial charge in [-0.3, -0.25) is 0 Å². The van der Waals surface area contributed by atoms with Gasteiger partial charge in [-0.2, -0.15) is 4.98 Å². The molecule has 0 saturated heterocycles. The van der Waals surface area contributed by atoms with Gasteiger partial charge >= 0.3 is 0 Å². The van der Waals surface area contributed by atoms with Gasteiger partial charge in [-0.05, 0) is 0 Å². The van der Waals surface area contributed by atoms with Crippen LogP contribution in [0.1, 0.15) is 5.82 Å². The molecule has 0 fully saturated rings. The van der Waals surface area contributed by atoms with Crippen LogP contribution in [0.25, 0.3) is 0 Å². The fourth-order valence-electron chi connectivity index (χ4n) is 1.47. The minimum atomic E-state index is -0.504. The zero-order valence-corrected chi connectivity index (χ0v) is 9.63. The number of hydrogen-bond donors (Lipinski definition) is 1. The number of nitrogen functional groups attached to an aromatic ring is 1. The Balaban J connectivity index is 2.23. The monoisotopic (exact) mass is 236 g/mol. The number of halogens is 1. The van der Waals surface area contributed by atoms with E-state index in [-0.39, 0.29) is 11.8 Å². The van der Waals surface area contributed by atoms with Crippen molar-refractivity contribution in [1.82, 2.24) is 19.5 Å². The number of aromatic nitrogens is 4. The molecule has 2 rings (SSSR count). The molecule has 2 N–H and O–H groups in total. The van der Waals surface area contributed by atoms with E-state index in [4.69, 9.17) is 5.73 Å². The second-order valence-corrected chi connectivity index (χ2v) is 3.71. The topological polar surface area (TPSA) is 72.9 Å². The summed E-state index contributed by atoms with van der Waals surface area (Å²) in [6, 6.07) is 0. The van der Waals surface area contributed by atoms with E-state index in [1.807, 2.05) is 17.8 Å². The second kappa shape index (κ2) is 4.36. The molecule has 6 nitrogen and oxygen atoms in total. The SMILES string of the molecule is CN(Cc1nccn1C)c1nc(N)ncc1F. The highest BCUT2D eigenvalue weighted by molar-refractivity contribution is 5.41. The molecule has 0 aromatic carbocycles. The molecule has 2 aromatic rings. The molecule has 0 spiro atoms. The number of rotatable bonds is 3. The van der Waals surface area contributed by atoms with E-state index in [1.54, 1.807) is 18.1 Å². The molecule has 0 aliphatic heterocycles. The van der Waals surface area contributed by atoms with Crippen molar-refractivity contribution < 1.29 is 4.39 Å². The van der Waals surface area contributed by atoms with Crippen molar-refractivity contribution in [1.29, 1.82) is 0 Å². The van der Waals surface area contributed by atoms with Crippen LogP contribution in [0.4, 0.5) is 16.2 Å². The summed E-state index contributed by atoms with van der Waals surface area (Å²) in [6.45, 7) is 0.441. The number of nitrogens with zero attached hydrogens (tertiary/aromatic N) is 5. The smallest absolute Gasteiger partial charge is 0.222 e. The fourth-order valence-corrected chi connectivity index (χ4v) is 1.47. The molecular weight excluding hydrogens is 223 g/mol. The van der Waals surface area contributed by atoms with Crippen LogP contribution in [-0.2, 0) is 13.6 Å². The first-order valence-corrected chi connectivity index (χ1v) is 5.03. The standard InChI is InChI=1S/C10H13FN6/c1-16-4-3-13-8(16)6-17(2)9-7(11)5-14-10(12)15-9/h3-5H,6H2,1-2H3,(H2,12,14,15). The Kier molecular flexibility index (Phi) is 2.90. The van der Waals surface area contributed by atoms with Crippen molar-refractivity contribution in [2.24, 2.45) is 7.05 Å². The molecule has 0 bridgehead atoms. The molecule has 0 amide bonds. The predicted octanol–water partition coefficient (Wildman–Crippen LogP) is 0.568. The first-order valence-electron chi connectivity index (χ1n) is 5.03. The van der Waals surface area contributed by atoms with E-state index < -0.39 is 5.82 Å². The van der Waals surface area contributed by atoms with Gasteiger partial charge in [0, 0.05) is 26.5 Å². The van der Waals surface area contributed by atoms with Gasteiger partial charge < -0.3 is 15.2 Å². The number of imidazole rings is 1. The van der Waals surface area contributed by atoms with Crippen molar-refractivity contribution >= 4 is 11.8 Å². The maximum absolute atomic E-state index is 13.5. The molecule has 0 atom stereocenters. The Labute approximate surface area is 97.9 Å². The molecule has 17 heavy (non-hydrogen) atoms. The van der Waals surface area contributed by atoms with Gasteiger partial charge in [0.15, 0.2) is 11.6 Å². The maximum Gasteiger partial charge on any atom is 0.222 e. The van der Waals surface area contributed by atoms with Crippen molar-refractivity contribution in [3.05, 3.63) is 30.2 Å². The predicted molar refractivity (Wildman–Crippen MR) is 61.7 cm³/mol. The summed E-state index contributed by atoms with van der Waals surface area (Å²) in [5, 5.41) is 0. The summed E-state index contributed by atoms with van der Waals surface area (Å²) < 4.78 is 15.4. The minimum Gasteiger partial charge on any atom is -0.368 e. The van der Waals surface area contributed by atoms with Crippen LogP contribution in [0.2, 0.25) is 0 Å². The number of nitrogens with two attached hydrogens (primary N) is 1. The second-order valence-electron chi connectivity index (χ2n) is 3.71. The largest absolute Gasteiger partial charge is 0.368 e. The van der Waals surface area contributed by atoms with Gasteiger partial charge in [0.2, 0.25) is 5.95 Å². The molecule has 0 aliphatic carbocycles. The van der Waals surface area contributed by atoms with Crippen LogP contribution in [0.5, 0.6) is 0 Å². The Morgan fingerprint density at radius 1 is 1.47 bits per heavy atom. The van der Waals surface area contributed by atoms with Gasteiger partial charge in [0.25, 0.3) is 0 Å². The van der Waals surface area contributed by atoms with Crippen LogP contribution in [0.3, 0.4) is 0 Å². The van der Waals surface area contributed by atoms with E-state index in [1.165, 1.54) is 0 Å². The van der Waals surface area contributed by atoms with Crippen LogP contribution < -0.4 is 10.6 Å². The van der Waals surface area contributed by atoms with Crippen molar-refractivity contribution in [2.75, 3.05) is 17.7 Å². The van der Waals surface area contributed by atoms with E-state index >= 15 is 0 Å². The van der Waals surface area contributed by atoms with Crippen molar-refractivity contribution in [3.63, 3.8) is 0 Å². The molecular formula is C10H13FN6. The normalized spacial score (nSPS) is 10.5. The molecule has 7 heteroatoms. The van der Waals surface area contributed by atoms with E-state index in [2.05, 4.69) is 15.0 Å². The summed E-state index contributed by atoms with van der Waals surface area (Å²) in [5.41, 5.74) is 5.43. The highest BCUT2D eigenvalue weighted by Gasteiger charge is 2.12. The zero-order valence-electron chi connectivity index (χ0n) is 9.63. The molecule has 0 saturated carbocycles. The third kappa shape index (κ3) is 2.32. The first-order chi connectivity index (χ1) is 8.08. The Morgan fingerprint density at radius 2 is 2.24 bits per heavy atom. The van der Waals surface area contributed by atoms with Crippen molar-refractivity contribution in [3.8, 4) is 0 Å². The van der Waals surface area contributed by atoms with Crippen LogP contribution in [0, 0.1) is 5.82 Å². The van der Waals surface area contributed by atoms with Gasteiger partial charge in [-0.25, -0.2) is 14.4 Å². The van der Waals surface area contributed by atoms with Gasteiger partial charge in [0.05, 0.1) is 12.7 Å². The molecule has 0 radical (unpaired) electrons. The summed E-state index contributed by atoms with van der Waals surface area (Å²) >= 11 is 0. The molecule has 90 valence electrons. The van der Waals surface area contributed by atoms with Crippen LogP contribution >= 0.6 is 0 Å². The third-order valence-electron chi connectivity index (χ3n) is 2.41. The minimum absolute atomic E-state index is 0.0492. The summed E-state index contributed by atoms with van der Waals surface area (Å²) in [7, 11) is 3.60. The average Bonchev–Trinajstić information content (AvgIpc) is 2.68. The first kappa shape index (κ1) is 11.3. The summed E-state index contributed by atoms with van der Waals surface area (Å²) in [5.74, 6) is 0.522. The Hall–Kier alpha value is -2.18.